The standard InChI is InChI=1S/C20H16N2O2/c1-14(23)13-24-20-5-4-16-10-15(2-3-17(16)12-20)18-7-9-22-19(11-18)6-8-21-22/h2-12H,13H2,1H3. The minimum Gasteiger partial charge on any atom is -0.486 e. The van der Waals surface area contributed by atoms with Gasteiger partial charge in [-0.15, -0.1) is 0 Å². The van der Waals surface area contributed by atoms with Gasteiger partial charge in [-0.05, 0) is 65.2 Å². The van der Waals surface area contributed by atoms with Crippen molar-refractivity contribution in [1.29, 1.82) is 0 Å². The quantitative estimate of drug-likeness (QED) is 0.569. The van der Waals surface area contributed by atoms with Crippen molar-refractivity contribution in [2.75, 3.05) is 6.61 Å². The molecule has 4 heteroatoms. The normalized spacial score (nSPS) is 11.0. The van der Waals surface area contributed by atoms with Crippen molar-refractivity contribution in [3.05, 3.63) is 67.0 Å². The number of benzene rings is 2. The zero-order valence-corrected chi connectivity index (χ0v) is 13.3. The molecule has 4 rings (SSSR count). The van der Waals surface area contributed by atoms with Crippen molar-refractivity contribution >= 4 is 22.1 Å². The number of pyridine rings is 1. The number of carbonyl (C=O) groups is 1. The first-order valence-corrected chi connectivity index (χ1v) is 7.79. The number of hydrogen-bond acceptors (Lipinski definition) is 3. The first-order chi connectivity index (χ1) is 11.7. The Hall–Kier alpha value is -3.14. The highest BCUT2D eigenvalue weighted by atomic mass is 16.5. The van der Waals surface area contributed by atoms with Crippen LogP contribution in [0.2, 0.25) is 0 Å². The Morgan fingerprint density at radius 2 is 1.79 bits per heavy atom. The molecule has 4 aromatic rings. The highest BCUT2D eigenvalue weighted by molar-refractivity contribution is 5.89. The number of Topliss-reactive ketones (excluding diaryl/α,β-unsaturated/α-hetero) is 1. The van der Waals surface area contributed by atoms with E-state index < -0.39 is 0 Å². The van der Waals surface area contributed by atoms with Crippen LogP contribution in [0.15, 0.2) is 67.0 Å². The van der Waals surface area contributed by atoms with Crippen molar-refractivity contribution in [1.82, 2.24) is 9.61 Å². The molecule has 0 fully saturated rings. The second-order valence-corrected chi connectivity index (χ2v) is 5.83. The molecule has 0 aliphatic carbocycles. The van der Waals surface area contributed by atoms with E-state index in [-0.39, 0.29) is 12.4 Å². The zero-order valence-electron chi connectivity index (χ0n) is 13.3. The van der Waals surface area contributed by atoms with Gasteiger partial charge in [0.2, 0.25) is 0 Å². The second-order valence-electron chi connectivity index (χ2n) is 5.83. The fraction of sp³-hybridized carbons (Fsp3) is 0.100. The van der Waals surface area contributed by atoms with Crippen LogP contribution >= 0.6 is 0 Å². The van der Waals surface area contributed by atoms with Crippen LogP contribution in [0.1, 0.15) is 6.92 Å². The van der Waals surface area contributed by atoms with Crippen LogP contribution in [0, 0.1) is 0 Å². The fourth-order valence-corrected chi connectivity index (χ4v) is 2.78. The molecule has 0 atom stereocenters. The summed E-state index contributed by atoms with van der Waals surface area (Å²) in [7, 11) is 0. The molecule has 0 bridgehead atoms. The van der Waals surface area contributed by atoms with E-state index in [1.165, 1.54) is 6.92 Å². The number of nitrogens with zero attached hydrogens (tertiary/aromatic N) is 2. The number of hydrogen-bond donors (Lipinski definition) is 0. The van der Waals surface area contributed by atoms with Crippen LogP contribution in [0.25, 0.3) is 27.4 Å². The average molecular weight is 316 g/mol. The highest BCUT2D eigenvalue weighted by Crippen LogP contribution is 2.27. The number of ketones is 1. The van der Waals surface area contributed by atoms with E-state index in [9.17, 15) is 4.79 Å². The van der Waals surface area contributed by atoms with E-state index in [1.807, 2.05) is 35.0 Å². The van der Waals surface area contributed by atoms with Gasteiger partial charge in [0, 0.05) is 12.4 Å². The van der Waals surface area contributed by atoms with Gasteiger partial charge in [-0.3, -0.25) is 4.79 Å². The van der Waals surface area contributed by atoms with Gasteiger partial charge in [0.15, 0.2) is 5.78 Å². The summed E-state index contributed by atoms with van der Waals surface area (Å²) >= 11 is 0. The monoisotopic (exact) mass is 316 g/mol. The number of fused-ring (bicyclic) bond motifs is 2. The Morgan fingerprint density at radius 3 is 2.67 bits per heavy atom. The number of aromatic nitrogens is 2. The maximum atomic E-state index is 11.0. The predicted molar refractivity (Wildman–Crippen MR) is 94.3 cm³/mol. The summed E-state index contributed by atoms with van der Waals surface area (Å²) in [6.07, 6.45) is 3.76. The van der Waals surface area contributed by atoms with Gasteiger partial charge < -0.3 is 4.74 Å². The predicted octanol–water partition coefficient (Wildman–Crippen LogP) is 4.12. The molecule has 0 saturated carbocycles. The minimum absolute atomic E-state index is 0.0145. The van der Waals surface area contributed by atoms with Crippen molar-refractivity contribution in [3.63, 3.8) is 0 Å². The molecule has 2 aromatic heterocycles. The Kier molecular flexibility index (Phi) is 3.50. The molecule has 0 aliphatic heterocycles. The molecule has 2 aromatic carbocycles. The van der Waals surface area contributed by atoms with E-state index >= 15 is 0 Å². The lowest BCUT2D eigenvalue weighted by Gasteiger charge is -2.08. The maximum Gasteiger partial charge on any atom is 0.167 e. The van der Waals surface area contributed by atoms with E-state index in [2.05, 4.69) is 35.4 Å². The SMILES string of the molecule is CC(=O)COc1ccc2cc(-c3ccn4nccc4c3)ccc2c1. The van der Waals surface area contributed by atoms with E-state index in [0.717, 1.165) is 27.4 Å². The third-order valence-corrected chi connectivity index (χ3v) is 3.99. The average Bonchev–Trinajstić information content (AvgIpc) is 3.07. The molecule has 4 nitrogen and oxygen atoms in total. The van der Waals surface area contributed by atoms with Gasteiger partial charge in [-0.25, -0.2) is 4.52 Å². The zero-order chi connectivity index (χ0) is 16.5. The van der Waals surface area contributed by atoms with Crippen LogP contribution in [0.3, 0.4) is 0 Å². The lowest BCUT2D eigenvalue weighted by molar-refractivity contribution is -0.118. The minimum atomic E-state index is 0.0145. The smallest absolute Gasteiger partial charge is 0.167 e. The maximum absolute atomic E-state index is 11.0. The van der Waals surface area contributed by atoms with Crippen LogP contribution in [0.5, 0.6) is 5.75 Å². The summed E-state index contributed by atoms with van der Waals surface area (Å²) < 4.78 is 7.32. The first kappa shape index (κ1) is 14.5. The first-order valence-electron chi connectivity index (χ1n) is 7.79. The molecule has 0 aliphatic rings. The number of rotatable bonds is 4. The van der Waals surface area contributed by atoms with Gasteiger partial charge in [-0.2, -0.15) is 5.10 Å². The van der Waals surface area contributed by atoms with E-state index in [0.29, 0.717) is 5.75 Å². The molecule has 0 amide bonds. The molecule has 0 N–H and O–H groups in total. The van der Waals surface area contributed by atoms with Crippen molar-refractivity contribution in [2.24, 2.45) is 0 Å². The Morgan fingerprint density at radius 1 is 1.00 bits per heavy atom. The lowest BCUT2D eigenvalue weighted by Crippen LogP contribution is -2.06. The van der Waals surface area contributed by atoms with Crippen LogP contribution in [-0.4, -0.2) is 22.0 Å². The third kappa shape index (κ3) is 2.74. The fourth-order valence-electron chi connectivity index (χ4n) is 2.78. The highest BCUT2D eigenvalue weighted by Gasteiger charge is 2.04. The van der Waals surface area contributed by atoms with Crippen molar-refractivity contribution in [2.45, 2.75) is 6.92 Å². The summed E-state index contributed by atoms with van der Waals surface area (Å²) in [4.78, 5) is 11.0. The third-order valence-electron chi connectivity index (χ3n) is 3.99. The molecule has 0 saturated heterocycles. The van der Waals surface area contributed by atoms with Crippen LogP contribution < -0.4 is 4.74 Å². The molecule has 0 spiro atoms. The van der Waals surface area contributed by atoms with Gasteiger partial charge in [-0.1, -0.05) is 18.2 Å². The summed E-state index contributed by atoms with van der Waals surface area (Å²) in [5.41, 5.74) is 3.38. The summed E-state index contributed by atoms with van der Waals surface area (Å²) in [5.74, 6) is 0.729. The lowest BCUT2D eigenvalue weighted by atomic mass is 10.0. The van der Waals surface area contributed by atoms with Crippen molar-refractivity contribution < 1.29 is 9.53 Å². The Balaban J connectivity index is 1.69. The number of carbonyl (C=O) groups excluding carboxylic acids is 1. The van der Waals surface area contributed by atoms with Gasteiger partial charge >= 0.3 is 0 Å². The van der Waals surface area contributed by atoms with Crippen molar-refractivity contribution in [3.8, 4) is 16.9 Å². The van der Waals surface area contributed by atoms with E-state index in [1.54, 1.807) is 6.20 Å². The summed E-state index contributed by atoms with van der Waals surface area (Å²) in [6.45, 7) is 1.62. The largest absolute Gasteiger partial charge is 0.486 e. The topological polar surface area (TPSA) is 43.6 Å². The van der Waals surface area contributed by atoms with Gasteiger partial charge in [0.05, 0.1) is 5.52 Å². The molecule has 0 radical (unpaired) electrons. The number of ether oxygens (including phenoxy) is 1. The summed E-state index contributed by atoms with van der Waals surface area (Å²) in [5, 5.41) is 6.45. The molecule has 2 heterocycles. The van der Waals surface area contributed by atoms with Crippen LogP contribution in [-0.2, 0) is 4.79 Å². The Labute approximate surface area is 139 Å². The Bertz CT molecular complexity index is 1050. The van der Waals surface area contributed by atoms with Gasteiger partial charge in [0.1, 0.15) is 12.4 Å². The van der Waals surface area contributed by atoms with Gasteiger partial charge in [0.25, 0.3) is 0 Å². The molecular weight excluding hydrogens is 300 g/mol. The second kappa shape index (κ2) is 5.81. The molecule has 24 heavy (non-hydrogen) atoms. The molecule has 0 unspecified atom stereocenters. The molecular formula is C20H16N2O2. The van der Waals surface area contributed by atoms with Crippen LogP contribution in [0.4, 0.5) is 0 Å². The summed E-state index contributed by atoms with van der Waals surface area (Å²) in [6, 6.07) is 18.4. The molecule has 118 valence electrons. The van der Waals surface area contributed by atoms with E-state index in [4.69, 9.17) is 4.74 Å².